The number of aromatic nitrogens is 2. The van der Waals surface area contributed by atoms with Crippen molar-refractivity contribution in [2.75, 3.05) is 12.4 Å². The van der Waals surface area contributed by atoms with Gasteiger partial charge >= 0.3 is 0 Å². The number of benzene rings is 2. The Morgan fingerprint density at radius 1 is 1.16 bits per heavy atom. The highest BCUT2D eigenvalue weighted by molar-refractivity contribution is 14.1. The van der Waals surface area contributed by atoms with Crippen molar-refractivity contribution in [2.45, 2.75) is 0 Å². The van der Waals surface area contributed by atoms with Gasteiger partial charge in [-0.1, -0.05) is 6.07 Å². The number of methoxy groups -OCH3 is 1. The molecule has 0 fully saturated rings. The van der Waals surface area contributed by atoms with Crippen LogP contribution in [0.2, 0.25) is 0 Å². The predicted molar refractivity (Wildman–Crippen MR) is 101 cm³/mol. The van der Waals surface area contributed by atoms with Gasteiger partial charge in [0.25, 0.3) is 5.91 Å². The minimum atomic E-state index is -0.435. The largest absolute Gasteiger partial charge is 0.497 e. The van der Waals surface area contributed by atoms with Gasteiger partial charge in [0.05, 0.1) is 21.9 Å². The number of hydrogen-bond donors (Lipinski definition) is 1. The second kappa shape index (κ2) is 7.56. The average Bonchev–Trinajstić information content (AvgIpc) is 2.64. The van der Waals surface area contributed by atoms with Gasteiger partial charge < -0.3 is 10.1 Å². The molecule has 1 heterocycles. The third kappa shape index (κ3) is 3.93. The van der Waals surface area contributed by atoms with Gasteiger partial charge in [-0.3, -0.25) is 4.79 Å². The summed E-state index contributed by atoms with van der Waals surface area (Å²) in [5.41, 5.74) is 1.77. The van der Waals surface area contributed by atoms with Crippen molar-refractivity contribution in [3.63, 3.8) is 0 Å². The molecule has 0 saturated heterocycles. The molecule has 0 saturated carbocycles. The number of anilines is 1. The lowest BCUT2D eigenvalue weighted by molar-refractivity contribution is 0.102. The lowest BCUT2D eigenvalue weighted by Gasteiger charge is -2.08. The fourth-order valence-corrected chi connectivity index (χ4v) is 2.81. The Hall–Kier alpha value is -2.55. The summed E-state index contributed by atoms with van der Waals surface area (Å²) >= 11 is 1.81. The van der Waals surface area contributed by atoms with Crippen LogP contribution >= 0.6 is 22.6 Å². The van der Waals surface area contributed by atoms with Gasteiger partial charge in [-0.05, 0) is 59.0 Å². The van der Waals surface area contributed by atoms with Gasteiger partial charge in [0.2, 0.25) is 0 Å². The zero-order valence-electron chi connectivity index (χ0n) is 13.2. The Balaban J connectivity index is 1.84. The van der Waals surface area contributed by atoms with Crippen molar-refractivity contribution >= 4 is 34.3 Å². The van der Waals surface area contributed by atoms with E-state index >= 15 is 0 Å². The van der Waals surface area contributed by atoms with Gasteiger partial charge in [-0.25, -0.2) is 14.4 Å². The Morgan fingerprint density at radius 2 is 1.92 bits per heavy atom. The maximum absolute atomic E-state index is 13.6. The van der Waals surface area contributed by atoms with Crippen molar-refractivity contribution in [2.24, 2.45) is 0 Å². The number of amides is 1. The summed E-state index contributed by atoms with van der Waals surface area (Å²) in [5, 5.41) is 2.67. The number of hydrogen-bond acceptors (Lipinski definition) is 4. The van der Waals surface area contributed by atoms with Gasteiger partial charge in [0, 0.05) is 11.6 Å². The molecule has 0 aliphatic rings. The van der Waals surface area contributed by atoms with E-state index in [1.54, 1.807) is 41.8 Å². The van der Waals surface area contributed by atoms with E-state index in [-0.39, 0.29) is 9.13 Å². The highest BCUT2D eigenvalue weighted by atomic mass is 127. The molecule has 0 aliphatic heterocycles. The van der Waals surface area contributed by atoms with Crippen LogP contribution in [0.25, 0.3) is 11.3 Å². The Kier molecular flexibility index (Phi) is 5.22. The molecule has 1 N–H and O–H groups in total. The number of rotatable bonds is 4. The number of carbonyl (C=O) groups is 1. The summed E-state index contributed by atoms with van der Waals surface area (Å²) in [6, 6.07) is 13.4. The molecule has 0 radical (unpaired) electrons. The first-order valence-corrected chi connectivity index (χ1v) is 8.38. The molecule has 2 aromatic carbocycles. The predicted octanol–water partition coefficient (Wildman–Crippen LogP) is 4.15. The number of carbonyl (C=O) groups excluding carboxylic acids is 1. The van der Waals surface area contributed by atoms with E-state index in [0.717, 1.165) is 11.3 Å². The molecule has 0 bridgehead atoms. The summed E-state index contributed by atoms with van der Waals surface area (Å²) < 4.78 is 19.0. The standard InChI is InChI=1S/C18H13FIN3O2/c1-25-12-7-5-11(6-8-12)15-9-16(22-10-21-15)23-18(24)13-3-2-4-14(19)17(13)20/h2-10H,1H3,(H,21,22,23,24). The number of halogens is 2. The summed E-state index contributed by atoms with van der Waals surface area (Å²) in [6.45, 7) is 0. The molecule has 1 aromatic heterocycles. The zero-order valence-corrected chi connectivity index (χ0v) is 15.3. The van der Waals surface area contributed by atoms with E-state index in [1.165, 1.54) is 18.5 Å². The normalized spacial score (nSPS) is 10.4. The van der Waals surface area contributed by atoms with Crippen molar-refractivity contribution in [1.29, 1.82) is 0 Å². The fraction of sp³-hybridized carbons (Fsp3) is 0.0556. The summed E-state index contributed by atoms with van der Waals surface area (Å²) in [5.74, 6) is 0.219. The van der Waals surface area contributed by atoms with Crippen LogP contribution in [0.1, 0.15) is 10.4 Å². The molecule has 3 aromatic rings. The summed E-state index contributed by atoms with van der Waals surface area (Å²) in [6.07, 6.45) is 1.37. The molecule has 0 atom stereocenters. The SMILES string of the molecule is COc1ccc(-c2cc(NC(=O)c3cccc(F)c3I)ncn2)cc1. The number of nitrogens with one attached hydrogen (secondary N) is 1. The van der Waals surface area contributed by atoms with E-state index in [2.05, 4.69) is 15.3 Å². The minimum Gasteiger partial charge on any atom is -0.497 e. The van der Waals surface area contributed by atoms with E-state index in [0.29, 0.717) is 11.5 Å². The monoisotopic (exact) mass is 449 g/mol. The smallest absolute Gasteiger partial charge is 0.257 e. The van der Waals surface area contributed by atoms with Gasteiger partial charge in [0.15, 0.2) is 0 Å². The van der Waals surface area contributed by atoms with Crippen LogP contribution in [0.5, 0.6) is 5.75 Å². The molecule has 25 heavy (non-hydrogen) atoms. The van der Waals surface area contributed by atoms with Gasteiger partial charge in [0.1, 0.15) is 23.7 Å². The van der Waals surface area contributed by atoms with Crippen molar-refractivity contribution in [3.8, 4) is 17.0 Å². The molecule has 0 unspecified atom stereocenters. The first-order chi connectivity index (χ1) is 12.1. The molecule has 0 spiro atoms. The van der Waals surface area contributed by atoms with Gasteiger partial charge in [-0.2, -0.15) is 0 Å². The molecular formula is C18H13FIN3O2. The first-order valence-electron chi connectivity index (χ1n) is 7.30. The van der Waals surface area contributed by atoms with Crippen molar-refractivity contribution < 1.29 is 13.9 Å². The van der Waals surface area contributed by atoms with Crippen LogP contribution in [0.15, 0.2) is 54.9 Å². The van der Waals surface area contributed by atoms with Gasteiger partial charge in [-0.15, -0.1) is 0 Å². The highest BCUT2D eigenvalue weighted by Gasteiger charge is 2.14. The van der Waals surface area contributed by atoms with Crippen molar-refractivity contribution in [3.05, 3.63) is 69.8 Å². The molecule has 7 heteroatoms. The molecule has 5 nitrogen and oxygen atoms in total. The summed E-state index contributed by atoms with van der Waals surface area (Å²) in [7, 11) is 1.60. The third-order valence-electron chi connectivity index (χ3n) is 3.49. The van der Waals surface area contributed by atoms with E-state index < -0.39 is 11.7 Å². The molecule has 126 valence electrons. The second-order valence-corrected chi connectivity index (χ2v) is 6.15. The van der Waals surface area contributed by atoms with E-state index in [9.17, 15) is 9.18 Å². The Bertz CT molecular complexity index is 916. The minimum absolute atomic E-state index is 0.255. The zero-order chi connectivity index (χ0) is 17.8. The van der Waals surface area contributed by atoms with Crippen molar-refractivity contribution in [1.82, 2.24) is 9.97 Å². The van der Waals surface area contributed by atoms with Crippen LogP contribution < -0.4 is 10.1 Å². The first kappa shape index (κ1) is 17.3. The number of nitrogens with zero attached hydrogens (tertiary/aromatic N) is 2. The van der Waals surface area contributed by atoms with Crippen LogP contribution in [-0.2, 0) is 0 Å². The molecule has 1 amide bonds. The number of ether oxygens (including phenoxy) is 1. The quantitative estimate of drug-likeness (QED) is 0.609. The van der Waals surface area contributed by atoms with E-state index in [4.69, 9.17) is 4.74 Å². The topological polar surface area (TPSA) is 64.1 Å². The Labute approximate surface area is 157 Å². The van der Waals surface area contributed by atoms with Crippen LogP contribution in [0.4, 0.5) is 10.2 Å². The maximum Gasteiger partial charge on any atom is 0.257 e. The fourth-order valence-electron chi connectivity index (χ4n) is 2.21. The lowest BCUT2D eigenvalue weighted by atomic mass is 10.1. The second-order valence-electron chi connectivity index (χ2n) is 5.07. The lowest BCUT2D eigenvalue weighted by Crippen LogP contribution is -2.15. The van der Waals surface area contributed by atoms with Crippen LogP contribution in [-0.4, -0.2) is 23.0 Å². The molecular weight excluding hydrogens is 436 g/mol. The third-order valence-corrected chi connectivity index (χ3v) is 4.59. The Morgan fingerprint density at radius 3 is 2.64 bits per heavy atom. The van der Waals surface area contributed by atoms with Crippen LogP contribution in [0, 0.1) is 9.39 Å². The maximum atomic E-state index is 13.6. The summed E-state index contributed by atoms with van der Waals surface area (Å²) in [4.78, 5) is 20.6. The highest BCUT2D eigenvalue weighted by Crippen LogP contribution is 2.22. The molecule has 0 aliphatic carbocycles. The molecule has 3 rings (SSSR count). The van der Waals surface area contributed by atoms with E-state index in [1.807, 2.05) is 24.3 Å². The van der Waals surface area contributed by atoms with Crippen LogP contribution in [0.3, 0.4) is 0 Å². The average molecular weight is 449 g/mol.